The van der Waals surface area contributed by atoms with Crippen LogP contribution in [0.15, 0.2) is 211 Å². The third-order valence-electron chi connectivity index (χ3n) is 11.7. The van der Waals surface area contributed by atoms with Gasteiger partial charge in [0.2, 0.25) is 0 Å². The molecular formula is C54H34N2O. The van der Waals surface area contributed by atoms with Crippen molar-refractivity contribution >= 4 is 93.1 Å². The fourth-order valence-corrected chi connectivity index (χ4v) is 9.28. The van der Waals surface area contributed by atoms with E-state index in [4.69, 9.17) is 4.42 Å². The first-order chi connectivity index (χ1) is 28.3. The van der Waals surface area contributed by atoms with E-state index in [1.807, 2.05) is 12.1 Å². The van der Waals surface area contributed by atoms with Gasteiger partial charge >= 0.3 is 0 Å². The van der Waals surface area contributed by atoms with E-state index in [1.165, 1.54) is 54.1 Å². The Morgan fingerprint density at radius 3 is 1.54 bits per heavy atom. The van der Waals surface area contributed by atoms with E-state index in [-0.39, 0.29) is 0 Å². The van der Waals surface area contributed by atoms with Crippen molar-refractivity contribution in [3.8, 4) is 16.8 Å². The van der Waals surface area contributed by atoms with Crippen LogP contribution in [0.25, 0.3) is 92.9 Å². The Hall–Kier alpha value is -7.62. The Bertz CT molecular complexity index is 3460. The number of benzene rings is 10. The molecule has 0 fully saturated rings. The van der Waals surface area contributed by atoms with Crippen molar-refractivity contribution in [3.05, 3.63) is 206 Å². The molecule has 0 saturated heterocycles. The third-order valence-corrected chi connectivity index (χ3v) is 11.7. The highest BCUT2D eigenvalue weighted by atomic mass is 16.3. The number of hydrogen-bond acceptors (Lipinski definition) is 2. The summed E-state index contributed by atoms with van der Waals surface area (Å²) in [6.07, 6.45) is 0. The van der Waals surface area contributed by atoms with Gasteiger partial charge in [-0.15, -0.1) is 0 Å². The molecule has 10 aromatic carbocycles. The fraction of sp³-hybridized carbons (Fsp3) is 0. The van der Waals surface area contributed by atoms with Crippen LogP contribution in [0.3, 0.4) is 0 Å². The first-order valence-corrected chi connectivity index (χ1v) is 19.5. The molecule has 0 amide bonds. The summed E-state index contributed by atoms with van der Waals surface area (Å²) in [7, 11) is 0. The molecule has 3 nitrogen and oxygen atoms in total. The second kappa shape index (κ2) is 12.5. The van der Waals surface area contributed by atoms with Crippen molar-refractivity contribution in [2.24, 2.45) is 0 Å². The first kappa shape index (κ1) is 31.7. The first-order valence-electron chi connectivity index (χ1n) is 19.5. The molecule has 2 heterocycles. The minimum absolute atomic E-state index is 0.892. The summed E-state index contributed by atoms with van der Waals surface area (Å²) < 4.78 is 8.73. The SMILES string of the molecule is c1cc(-c2cccc3oc4ccccc4c23)cc(N(c2cccc(-n3c4ccccc4c4ccccc43)c2)c2ccc3c4ccccc4c4ccccc4c3c2)c1. The lowest BCUT2D eigenvalue weighted by Crippen LogP contribution is -2.11. The molecule has 0 aliphatic carbocycles. The molecule has 0 radical (unpaired) electrons. The van der Waals surface area contributed by atoms with Crippen LogP contribution in [0.1, 0.15) is 0 Å². The van der Waals surface area contributed by atoms with Crippen molar-refractivity contribution in [3.63, 3.8) is 0 Å². The summed E-state index contributed by atoms with van der Waals surface area (Å²) >= 11 is 0. The second-order valence-corrected chi connectivity index (χ2v) is 14.9. The zero-order chi connectivity index (χ0) is 37.5. The molecule has 0 N–H and O–H groups in total. The van der Waals surface area contributed by atoms with Gasteiger partial charge in [-0.1, -0.05) is 140 Å². The van der Waals surface area contributed by atoms with E-state index in [1.54, 1.807) is 0 Å². The van der Waals surface area contributed by atoms with Gasteiger partial charge in [-0.05, 0) is 110 Å². The standard InChI is InChI=1S/C54H34N2O/c1-2-20-43-41(18-1)42-19-3-4-21-44(42)49-34-39(30-31-45(43)49)55(36-15-11-14-35(32-36)40-25-13-29-53-54(40)48-24-7-10-28-52(48)57-53)37-16-12-17-38(33-37)56-50-26-8-5-22-46(50)47-23-6-9-27-51(47)56/h1-34H. The van der Waals surface area contributed by atoms with Gasteiger partial charge < -0.3 is 13.9 Å². The summed E-state index contributed by atoms with van der Waals surface area (Å²) in [5.74, 6) is 0. The van der Waals surface area contributed by atoms with Gasteiger partial charge in [-0.25, -0.2) is 0 Å². The highest BCUT2D eigenvalue weighted by molar-refractivity contribution is 6.26. The van der Waals surface area contributed by atoms with Crippen LogP contribution in [0.4, 0.5) is 17.1 Å². The van der Waals surface area contributed by atoms with E-state index >= 15 is 0 Å². The fourth-order valence-electron chi connectivity index (χ4n) is 9.28. The van der Waals surface area contributed by atoms with Crippen molar-refractivity contribution in [1.82, 2.24) is 4.57 Å². The van der Waals surface area contributed by atoms with Gasteiger partial charge in [0.05, 0.1) is 11.0 Å². The monoisotopic (exact) mass is 726 g/mol. The van der Waals surface area contributed by atoms with Crippen LogP contribution in [0.5, 0.6) is 0 Å². The Morgan fingerprint density at radius 1 is 0.333 bits per heavy atom. The van der Waals surface area contributed by atoms with Crippen LogP contribution < -0.4 is 4.90 Å². The zero-order valence-corrected chi connectivity index (χ0v) is 30.9. The maximum absolute atomic E-state index is 6.33. The Labute approximate surface area is 328 Å². The highest BCUT2D eigenvalue weighted by Crippen LogP contribution is 2.44. The van der Waals surface area contributed by atoms with E-state index < -0.39 is 0 Å². The number of nitrogens with zero attached hydrogens (tertiary/aromatic N) is 2. The number of furan rings is 1. The van der Waals surface area contributed by atoms with Crippen LogP contribution in [0.2, 0.25) is 0 Å². The summed E-state index contributed by atoms with van der Waals surface area (Å²) in [6.45, 7) is 0. The smallest absolute Gasteiger partial charge is 0.136 e. The molecule has 57 heavy (non-hydrogen) atoms. The quantitative estimate of drug-likeness (QED) is 0.165. The molecule has 0 spiro atoms. The second-order valence-electron chi connectivity index (χ2n) is 14.9. The molecule has 266 valence electrons. The van der Waals surface area contributed by atoms with Crippen LogP contribution >= 0.6 is 0 Å². The van der Waals surface area contributed by atoms with Crippen molar-refractivity contribution < 1.29 is 4.42 Å². The highest BCUT2D eigenvalue weighted by Gasteiger charge is 2.20. The van der Waals surface area contributed by atoms with E-state index in [9.17, 15) is 0 Å². The lowest BCUT2D eigenvalue weighted by Gasteiger charge is -2.27. The molecular weight excluding hydrogens is 693 g/mol. The molecule has 12 rings (SSSR count). The van der Waals surface area contributed by atoms with Crippen LogP contribution in [-0.2, 0) is 0 Å². The summed E-state index contributed by atoms with van der Waals surface area (Å²) in [5.41, 5.74) is 10.8. The summed E-state index contributed by atoms with van der Waals surface area (Å²) in [4.78, 5) is 2.41. The topological polar surface area (TPSA) is 21.3 Å². The van der Waals surface area contributed by atoms with Gasteiger partial charge in [-0.2, -0.15) is 0 Å². The van der Waals surface area contributed by atoms with Crippen molar-refractivity contribution in [2.45, 2.75) is 0 Å². The van der Waals surface area contributed by atoms with E-state index in [0.29, 0.717) is 0 Å². The molecule has 12 aromatic rings. The summed E-state index contributed by atoms with van der Waals surface area (Å²) in [6, 6.07) is 74.6. The van der Waals surface area contributed by atoms with E-state index in [2.05, 4.69) is 204 Å². The average Bonchev–Trinajstić information content (AvgIpc) is 3.83. The maximum atomic E-state index is 6.33. The van der Waals surface area contributed by atoms with Crippen molar-refractivity contribution in [2.75, 3.05) is 4.90 Å². The Kier molecular flexibility index (Phi) is 6.93. The molecule has 0 aliphatic heterocycles. The Balaban J connectivity index is 1.11. The number of aromatic nitrogens is 1. The Morgan fingerprint density at radius 2 is 0.842 bits per heavy atom. The average molecular weight is 727 g/mol. The van der Waals surface area contributed by atoms with Crippen LogP contribution in [-0.4, -0.2) is 4.57 Å². The molecule has 0 unspecified atom stereocenters. The molecule has 2 aromatic heterocycles. The predicted octanol–water partition coefficient (Wildman–Crippen LogP) is 15.3. The molecule has 0 bridgehead atoms. The molecule has 0 atom stereocenters. The predicted molar refractivity (Wildman–Crippen MR) is 241 cm³/mol. The number of para-hydroxylation sites is 3. The summed E-state index contributed by atoms with van der Waals surface area (Å²) in [5, 5.41) is 12.3. The number of fused-ring (bicyclic) bond motifs is 12. The molecule has 3 heteroatoms. The van der Waals surface area contributed by atoms with Crippen molar-refractivity contribution in [1.29, 1.82) is 0 Å². The van der Waals surface area contributed by atoms with Gasteiger partial charge in [-0.3, -0.25) is 0 Å². The minimum atomic E-state index is 0.892. The third kappa shape index (κ3) is 4.86. The van der Waals surface area contributed by atoms with Gasteiger partial charge in [0, 0.05) is 44.3 Å². The normalized spacial score (nSPS) is 11.9. The van der Waals surface area contributed by atoms with E-state index in [0.717, 1.165) is 55.8 Å². The molecule has 0 saturated carbocycles. The lowest BCUT2D eigenvalue weighted by atomic mass is 9.94. The van der Waals surface area contributed by atoms with Gasteiger partial charge in [0.15, 0.2) is 0 Å². The van der Waals surface area contributed by atoms with Gasteiger partial charge in [0.1, 0.15) is 11.2 Å². The zero-order valence-electron chi connectivity index (χ0n) is 30.9. The number of rotatable bonds is 5. The molecule has 0 aliphatic rings. The van der Waals surface area contributed by atoms with Gasteiger partial charge in [0.25, 0.3) is 0 Å². The maximum Gasteiger partial charge on any atom is 0.136 e. The van der Waals surface area contributed by atoms with Crippen LogP contribution in [0, 0.1) is 0 Å². The lowest BCUT2D eigenvalue weighted by molar-refractivity contribution is 0.669. The largest absolute Gasteiger partial charge is 0.456 e. The number of anilines is 3. The number of hydrogen-bond donors (Lipinski definition) is 0. The minimum Gasteiger partial charge on any atom is -0.456 e.